The van der Waals surface area contributed by atoms with Gasteiger partial charge >= 0.3 is 0 Å². The summed E-state index contributed by atoms with van der Waals surface area (Å²) in [5.41, 5.74) is 1.02. The second-order valence-electron chi connectivity index (χ2n) is 5.57. The Balaban J connectivity index is 1.91. The van der Waals surface area contributed by atoms with E-state index >= 15 is 0 Å². The van der Waals surface area contributed by atoms with Gasteiger partial charge < -0.3 is 20.1 Å². The third kappa shape index (κ3) is 3.88. The van der Waals surface area contributed by atoms with E-state index in [2.05, 4.69) is 11.9 Å². The smallest absolute Gasteiger partial charge is 0.276 e. The SMILES string of the molecule is C=C(O)N(CCC)C1(C)C=S1C(=O)NCc1ccc(OC)cc1. The molecule has 0 spiro atoms. The van der Waals surface area contributed by atoms with Crippen LogP contribution in [0.3, 0.4) is 0 Å². The zero-order valence-electron chi connectivity index (χ0n) is 13.8. The summed E-state index contributed by atoms with van der Waals surface area (Å²) in [6, 6.07) is 7.60. The summed E-state index contributed by atoms with van der Waals surface area (Å²) >= 11 is 0. The summed E-state index contributed by atoms with van der Waals surface area (Å²) in [4.78, 5) is 13.7. The second-order valence-corrected chi connectivity index (χ2v) is 7.68. The fourth-order valence-corrected chi connectivity index (χ4v) is 4.25. The highest BCUT2D eigenvalue weighted by Gasteiger charge is 2.48. The number of rotatable bonds is 7. The Morgan fingerprint density at radius 1 is 1.43 bits per heavy atom. The van der Waals surface area contributed by atoms with Gasteiger partial charge in [0.2, 0.25) is 0 Å². The van der Waals surface area contributed by atoms with Gasteiger partial charge in [0.1, 0.15) is 10.6 Å². The van der Waals surface area contributed by atoms with Gasteiger partial charge in [0, 0.05) is 13.1 Å². The molecular weight excluding hydrogens is 312 g/mol. The minimum absolute atomic E-state index is 0.00864. The van der Waals surface area contributed by atoms with Crippen molar-refractivity contribution in [2.24, 2.45) is 0 Å². The van der Waals surface area contributed by atoms with Crippen molar-refractivity contribution in [3.05, 3.63) is 42.3 Å². The van der Waals surface area contributed by atoms with E-state index < -0.39 is 15.4 Å². The van der Waals surface area contributed by atoms with E-state index in [9.17, 15) is 9.90 Å². The number of aliphatic hydroxyl groups excluding tert-OH is 1. The summed E-state index contributed by atoms with van der Waals surface area (Å²) in [6.07, 6.45) is 0.883. The second kappa shape index (κ2) is 7.08. The minimum atomic E-state index is -0.540. The molecule has 2 atom stereocenters. The number of carbonyl (C=O) groups is 1. The number of ether oxygens (including phenoxy) is 1. The Labute approximate surface area is 139 Å². The molecule has 23 heavy (non-hydrogen) atoms. The van der Waals surface area contributed by atoms with Crippen molar-refractivity contribution in [1.29, 1.82) is 0 Å². The summed E-state index contributed by atoms with van der Waals surface area (Å²) in [5.74, 6) is 0.810. The van der Waals surface area contributed by atoms with Crippen LogP contribution in [0.4, 0.5) is 4.79 Å². The summed E-state index contributed by atoms with van der Waals surface area (Å²) in [6.45, 7) is 8.75. The van der Waals surface area contributed by atoms with E-state index in [1.807, 2.05) is 43.5 Å². The van der Waals surface area contributed by atoms with Gasteiger partial charge in [-0.2, -0.15) is 0 Å². The first-order valence-corrected chi connectivity index (χ1v) is 8.86. The molecule has 0 aromatic heterocycles. The van der Waals surface area contributed by atoms with Gasteiger partial charge in [-0.1, -0.05) is 29.5 Å². The molecule has 0 saturated heterocycles. The minimum Gasteiger partial charge on any atom is -0.497 e. The highest BCUT2D eigenvalue weighted by Crippen LogP contribution is 2.49. The quantitative estimate of drug-likeness (QED) is 0.591. The molecule has 0 aliphatic carbocycles. The molecule has 1 aromatic rings. The van der Waals surface area contributed by atoms with Crippen LogP contribution in [-0.2, 0) is 6.54 Å². The predicted molar refractivity (Wildman–Crippen MR) is 96.1 cm³/mol. The first-order valence-electron chi connectivity index (χ1n) is 7.58. The zero-order valence-corrected chi connectivity index (χ0v) is 14.7. The monoisotopic (exact) mass is 336 g/mol. The normalized spacial score (nSPS) is 22.0. The van der Waals surface area contributed by atoms with Crippen LogP contribution in [0.15, 0.2) is 36.7 Å². The Morgan fingerprint density at radius 2 is 2.09 bits per heavy atom. The molecule has 1 heterocycles. The Kier molecular flexibility index (Phi) is 5.36. The predicted octanol–water partition coefficient (Wildman–Crippen LogP) is 3.45. The van der Waals surface area contributed by atoms with E-state index in [1.54, 1.807) is 12.0 Å². The maximum absolute atomic E-state index is 12.4. The van der Waals surface area contributed by atoms with Crippen molar-refractivity contribution in [2.75, 3.05) is 13.7 Å². The number of nitrogens with one attached hydrogen (secondary N) is 1. The lowest BCUT2D eigenvalue weighted by Gasteiger charge is -2.30. The number of aliphatic hydroxyl groups is 1. The van der Waals surface area contributed by atoms with Crippen molar-refractivity contribution in [1.82, 2.24) is 10.2 Å². The maximum atomic E-state index is 12.4. The van der Waals surface area contributed by atoms with Gasteiger partial charge in [-0.25, -0.2) is 0 Å². The van der Waals surface area contributed by atoms with Gasteiger partial charge in [0.15, 0.2) is 5.88 Å². The Morgan fingerprint density at radius 3 is 2.61 bits per heavy atom. The number of nitrogens with zero attached hydrogens (tertiary/aromatic N) is 1. The van der Waals surface area contributed by atoms with Gasteiger partial charge in [-0.3, -0.25) is 4.79 Å². The van der Waals surface area contributed by atoms with Gasteiger partial charge in [0.25, 0.3) is 5.24 Å². The molecule has 0 radical (unpaired) electrons. The van der Waals surface area contributed by atoms with Crippen molar-refractivity contribution < 1.29 is 14.6 Å². The molecule has 6 heteroatoms. The molecule has 0 fully saturated rings. The first kappa shape index (κ1) is 17.4. The number of hydrogen-bond donors (Lipinski definition) is 2. The molecule has 5 nitrogen and oxygen atoms in total. The van der Waals surface area contributed by atoms with Crippen LogP contribution < -0.4 is 10.1 Å². The standard InChI is InChI=1S/C17H24N2O3S/c1-5-10-19(13(2)20)17(3)12-23(17)16(21)18-11-14-6-8-15(22-4)9-7-14/h6-9,12,20H,2,5,10-11H2,1,3-4H3,(H,18,21). The number of benzene rings is 1. The van der Waals surface area contributed by atoms with Gasteiger partial charge in [-0.05, 0) is 43.0 Å². The van der Waals surface area contributed by atoms with Crippen LogP contribution in [0.5, 0.6) is 5.75 Å². The van der Waals surface area contributed by atoms with Gasteiger partial charge in [0.05, 0.1) is 7.11 Å². The fraction of sp³-hybridized carbons (Fsp3) is 0.412. The lowest BCUT2D eigenvalue weighted by Crippen LogP contribution is -2.38. The highest BCUT2D eigenvalue weighted by molar-refractivity contribution is 8.36. The lowest BCUT2D eigenvalue weighted by molar-refractivity contribution is 0.182. The number of hydrogen-bond acceptors (Lipinski definition) is 4. The maximum Gasteiger partial charge on any atom is 0.276 e. The molecule has 2 unspecified atom stereocenters. The van der Waals surface area contributed by atoms with E-state index in [4.69, 9.17) is 4.74 Å². The average Bonchev–Trinajstić information content (AvgIpc) is 3.23. The summed E-state index contributed by atoms with van der Waals surface area (Å²) < 4.78 is 5.11. The topological polar surface area (TPSA) is 61.8 Å². The summed E-state index contributed by atoms with van der Waals surface area (Å²) in [5, 5.41) is 14.7. The summed E-state index contributed by atoms with van der Waals surface area (Å²) in [7, 11) is 1.08. The molecule has 1 aromatic carbocycles. The van der Waals surface area contributed by atoms with Crippen molar-refractivity contribution >= 4 is 21.1 Å². The van der Waals surface area contributed by atoms with Gasteiger partial charge in [-0.15, -0.1) is 0 Å². The lowest BCUT2D eigenvalue weighted by atomic mass is 10.2. The molecule has 1 aliphatic heterocycles. The Hall–Kier alpha value is -1.95. The Bertz CT molecular complexity index is 627. The van der Waals surface area contributed by atoms with E-state index in [1.165, 1.54) is 0 Å². The van der Waals surface area contributed by atoms with Crippen LogP contribution in [0, 0.1) is 0 Å². The van der Waals surface area contributed by atoms with Crippen molar-refractivity contribution in [3.63, 3.8) is 0 Å². The third-order valence-electron chi connectivity index (χ3n) is 3.81. The largest absolute Gasteiger partial charge is 0.497 e. The van der Waals surface area contributed by atoms with Crippen LogP contribution >= 0.6 is 10.5 Å². The van der Waals surface area contributed by atoms with E-state index in [-0.39, 0.29) is 11.1 Å². The van der Waals surface area contributed by atoms with Crippen molar-refractivity contribution in [2.45, 2.75) is 31.7 Å². The van der Waals surface area contributed by atoms with Crippen LogP contribution in [0.2, 0.25) is 0 Å². The van der Waals surface area contributed by atoms with E-state index in [0.717, 1.165) is 17.7 Å². The number of methoxy groups -OCH3 is 1. The van der Waals surface area contributed by atoms with Crippen LogP contribution in [0.25, 0.3) is 0 Å². The third-order valence-corrected chi connectivity index (χ3v) is 6.03. The molecule has 0 saturated carbocycles. The molecule has 2 rings (SSSR count). The van der Waals surface area contributed by atoms with E-state index in [0.29, 0.717) is 13.1 Å². The first-order chi connectivity index (χ1) is 10.9. The fourth-order valence-electron chi connectivity index (χ4n) is 2.44. The molecule has 126 valence electrons. The molecule has 1 aliphatic rings. The van der Waals surface area contributed by atoms with Crippen molar-refractivity contribution in [3.8, 4) is 5.75 Å². The highest BCUT2D eigenvalue weighted by atomic mass is 32.2. The molecule has 1 amide bonds. The average molecular weight is 336 g/mol. The number of carbonyl (C=O) groups excluding carboxylic acids is 1. The van der Waals surface area contributed by atoms with Crippen LogP contribution in [0.1, 0.15) is 25.8 Å². The molecular formula is C17H24N2O3S. The van der Waals surface area contributed by atoms with Crippen LogP contribution in [-0.4, -0.2) is 39.1 Å². The zero-order chi connectivity index (χ0) is 17.0. The molecule has 0 bridgehead atoms. The number of amides is 1. The molecule has 2 N–H and O–H groups in total.